The van der Waals surface area contributed by atoms with E-state index in [-0.39, 0.29) is 5.91 Å². The third-order valence-electron chi connectivity index (χ3n) is 0.826. The summed E-state index contributed by atoms with van der Waals surface area (Å²) >= 11 is 0. The number of hydrazine groups is 1. The highest BCUT2D eigenvalue weighted by Gasteiger charge is 2.12. The molecule has 0 spiro atoms. The van der Waals surface area contributed by atoms with Gasteiger partial charge in [-0.25, -0.2) is 5.01 Å². The normalized spacial score (nSPS) is 22.7. The van der Waals surface area contributed by atoms with E-state index >= 15 is 0 Å². The van der Waals surface area contributed by atoms with Crippen LogP contribution in [0.15, 0.2) is 0 Å². The van der Waals surface area contributed by atoms with Crippen LogP contribution in [0.2, 0.25) is 0 Å². The Morgan fingerprint density at radius 3 is 2.71 bits per heavy atom. The molecule has 0 aromatic rings. The second-order valence-electron chi connectivity index (χ2n) is 1.50. The molecular formula is C3H7N3O. The first-order valence-corrected chi connectivity index (χ1v) is 2.05. The molecule has 1 aliphatic rings. The van der Waals surface area contributed by atoms with Crippen LogP contribution in [0.1, 0.15) is 0 Å². The largest absolute Gasteiger partial charge is 0.341 e. The topological polar surface area (TPSA) is 58.4 Å². The van der Waals surface area contributed by atoms with Crippen LogP contribution >= 0.6 is 0 Å². The summed E-state index contributed by atoms with van der Waals surface area (Å²) in [5.74, 6) is 5.18. The summed E-state index contributed by atoms with van der Waals surface area (Å²) in [4.78, 5) is 10.2. The molecule has 1 saturated heterocycles. The quantitative estimate of drug-likeness (QED) is 0.356. The zero-order valence-electron chi connectivity index (χ0n) is 3.85. The molecule has 1 heterocycles. The van der Waals surface area contributed by atoms with Gasteiger partial charge in [-0.15, -0.1) is 0 Å². The fourth-order valence-electron chi connectivity index (χ4n) is 0.486. The molecule has 1 amide bonds. The molecule has 0 bridgehead atoms. The van der Waals surface area contributed by atoms with E-state index < -0.39 is 0 Å². The predicted molar refractivity (Wildman–Crippen MR) is 23.9 cm³/mol. The van der Waals surface area contributed by atoms with Crippen LogP contribution in [-0.2, 0) is 4.79 Å². The van der Waals surface area contributed by atoms with Crippen molar-refractivity contribution >= 4 is 5.91 Å². The van der Waals surface area contributed by atoms with Gasteiger partial charge in [0.1, 0.15) is 0 Å². The Labute approximate surface area is 41.2 Å². The van der Waals surface area contributed by atoms with Crippen LogP contribution in [0.3, 0.4) is 0 Å². The van der Waals surface area contributed by atoms with Gasteiger partial charge in [0.05, 0.1) is 13.2 Å². The van der Waals surface area contributed by atoms with Crippen LogP contribution in [0.4, 0.5) is 0 Å². The summed E-state index contributed by atoms with van der Waals surface area (Å²) in [6, 6.07) is 0. The minimum absolute atomic E-state index is 0.00231. The van der Waals surface area contributed by atoms with Crippen molar-refractivity contribution in [2.24, 2.45) is 5.84 Å². The number of carbonyl (C=O) groups excluding carboxylic acids is 1. The molecule has 0 aromatic carbocycles. The lowest BCUT2D eigenvalue weighted by molar-refractivity contribution is -0.118. The number of nitrogens with one attached hydrogen (secondary N) is 1. The number of rotatable bonds is 0. The number of amides is 1. The predicted octanol–water partition coefficient (Wildman–Crippen LogP) is -1.75. The van der Waals surface area contributed by atoms with Crippen molar-refractivity contribution in [3.05, 3.63) is 0 Å². The molecule has 0 aromatic heterocycles. The molecule has 4 heteroatoms. The fourth-order valence-corrected chi connectivity index (χ4v) is 0.486. The highest BCUT2D eigenvalue weighted by atomic mass is 16.2. The summed E-state index contributed by atoms with van der Waals surface area (Å²) in [5.41, 5.74) is 0. The van der Waals surface area contributed by atoms with Gasteiger partial charge in [-0.05, 0) is 0 Å². The number of carbonyl (C=O) groups is 1. The molecule has 1 fully saturated rings. The van der Waals surface area contributed by atoms with E-state index in [2.05, 4.69) is 5.32 Å². The molecule has 0 atom stereocenters. The first-order valence-electron chi connectivity index (χ1n) is 2.05. The zero-order valence-corrected chi connectivity index (χ0v) is 3.85. The molecule has 0 aliphatic carbocycles. The zero-order chi connectivity index (χ0) is 5.28. The Morgan fingerprint density at radius 2 is 2.57 bits per heavy atom. The van der Waals surface area contributed by atoms with E-state index in [1.165, 1.54) is 5.01 Å². The number of hydrogen-bond acceptors (Lipinski definition) is 3. The number of nitrogens with two attached hydrogens (primary N) is 1. The van der Waals surface area contributed by atoms with Crippen LogP contribution in [0, 0.1) is 0 Å². The maximum absolute atomic E-state index is 10.2. The van der Waals surface area contributed by atoms with Gasteiger partial charge in [-0.3, -0.25) is 10.6 Å². The van der Waals surface area contributed by atoms with E-state index in [9.17, 15) is 4.79 Å². The van der Waals surface area contributed by atoms with Crippen molar-refractivity contribution in [2.75, 3.05) is 13.2 Å². The maximum atomic E-state index is 10.2. The van der Waals surface area contributed by atoms with Gasteiger partial charge in [-0.2, -0.15) is 0 Å². The highest BCUT2D eigenvalue weighted by Crippen LogP contribution is 1.81. The van der Waals surface area contributed by atoms with Crippen LogP contribution < -0.4 is 11.2 Å². The van der Waals surface area contributed by atoms with Crippen LogP contribution in [0.25, 0.3) is 0 Å². The Morgan fingerprint density at radius 1 is 1.86 bits per heavy atom. The van der Waals surface area contributed by atoms with Gasteiger partial charge in [0.25, 0.3) is 0 Å². The summed E-state index contributed by atoms with van der Waals surface area (Å²) < 4.78 is 0. The van der Waals surface area contributed by atoms with Gasteiger partial charge in [-0.1, -0.05) is 0 Å². The molecule has 0 unspecified atom stereocenters. The molecule has 4 nitrogen and oxygen atoms in total. The van der Waals surface area contributed by atoms with Gasteiger partial charge in [0, 0.05) is 0 Å². The minimum Gasteiger partial charge on any atom is -0.341 e. The Hall–Kier alpha value is -0.610. The lowest BCUT2D eigenvalue weighted by Gasteiger charge is -1.98. The third kappa shape index (κ3) is 0.880. The molecule has 3 N–H and O–H groups in total. The average Bonchev–Trinajstić information content (AvgIpc) is 1.87. The molecule has 0 saturated carbocycles. The molecular weight excluding hydrogens is 94.1 g/mol. The SMILES string of the molecule is NN1CNC(=O)C1. The summed E-state index contributed by atoms with van der Waals surface area (Å²) in [6.07, 6.45) is 0. The lowest BCUT2D eigenvalue weighted by Crippen LogP contribution is -2.28. The van der Waals surface area contributed by atoms with Crippen LogP contribution in [0.5, 0.6) is 0 Å². The van der Waals surface area contributed by atoms with Crippen molar-refractivity contribution in [3.8, 4) is 0 Å². The van der Waals surface area contributed by atoms with E-state index in [4.69, 9.17) is 5.84 Å². The molecule has 1 rings (SSSR count). The van der Waals surface area contributed by atoms with Gasteiger partial charge >= 0.3 is 0 Å². The van der Waals surface area contributed by atoms with Crippen molar-refractivity contribution in [1.82, 2.24) is 10.3 Å². The summed E-state index contributed by atoms with van der Waals surface area (Å²) in [7, 11) is 0. The Kier molecular flexibility index (Phi) is 0.958. The summed E-state index contributed by atoms with van der Waals surface area (Å²) in [6.45, 7) is 0.818. The van der Waals surface area contributed by atoms with E-state index in [1.54, 1.807) is 0 Å². The Balaban J connectivity index is 2.40. The monoisotopic (exact) mass is 101 g/mol. The summed E-state index contributed by atoms with van der Waals surface area (Å²) in [5, 5.41) is 3.95. The third-order valence-corrected chi connectivity index (χ3v) is 0.826. The first kappa shape index (κ1) is 4.55. The second kappa shape index (κ2) is 1.48. The van der Waals surface area contributed by atoms with E-state index in [0.29, 0.717) is 13.2 Å². The fraction of sp³-hybridized carbons (Fsp3) is 0.667. The van der Waals surface area contributed by atoms with Gasteiger partial charge in [0.15, 0.2) is 0 Å². The average molecular weight is 101 g/mol. The number of hydrogen-bond donors (Lipinski definition) is 2. The number of nitrogens with zero attached hydrogens (tertiary/aromatic N) is 1. The molecule has 0 radical (unpaired) electrons. The van der Waals surface area contributed by atoms with E-state index in [1.807, 2.05) is 0 Å². The van der Waals surface area contributed by atoms with Gasteiger partial charge < -0.3 is 5.32 Å². The second-order valence-corrected chi connectivity index (χ2v) is 1.50. The first-order chi connectivity index (χ1) is 3.29. The van der Waals surface area contributed by atoms with Crippen molar-refractivity contribution in [2.45, 2.75) is 0 Å². The van der Waals surface area contributed by atoms with Crippen molar-refractivity contribution < 1.29 is 4.79 Å². The highest BCUT2D eigenvalue weighted by molar-refractivity contribution is 5.79. The standard InChI is InChI=1S/C3H7N3O/c4-6-1-3(7)5-2-6/h1-2,4H2,(H,5,7). The van der Waals surface area contributed by atoms with Gasteiger partial charge in [0.2, 0.25) is 5.91 Å². The minimum atomic E-state index is 0.00231. The van der Waals surface area contributed by atoms with E-state index in [0.717, 1.165) is 0 Å². The maximum Gasteiger partial charge on any atom is 0.236 e. The Bertz CT molecular complexity index is 92.2. The molecule has 1 aliphatic heterocycles. The smallest absolute Gasteiger partial charge is 0.236 e. The van der Waals surface area contributed by atoms with Crippen molar-refractivity contribution in [3.63, 3.8) is 0 Å². The molecule has 7 heavy (non-hydrogen) atoms. The van der Waals surface area contributed by atoms with Crippen molar-refractivity contribution in [1.29, 1.82) is 0 Å². The van der Waals surface area contributed by atoms with Crippen LogP contribution in [-0.4, -0.2) is 24.1 Å². The lowest BCUT2D eigenvalue weighted by atomic mass is 10.7. The molecule has 40 valence electrons.